The second kappa shape index (κ2) is 9.58. The van der Waals surface area contributed by atoms with Gasteiger partial charge in [-0.25, -0.2) is 0 Å². The number of ketones is 1. The zero-order valence-corrected chi connectivity index (χ0v) is 14.5. The van der Waals surface area contributed by atoms with Crippen LogP contribution in [-0.4, -0.2) is 29.4 Å². The second-order valence-corrected chi connectivity index (χ2v) is 6.93. The number of hydrogen-bond donors (Lipinski definition) is 1. The van der Waals surface area contributed by atoms with E-state index in [1.54, 1.807) is 0 Å². The van der Waals surface area contributed by atoms with Crippen LogP contribution in [0.5, 0.6) is 0 Å². The van der Waals surface area contributed by atoms with Gasteiger partial charge in [-0.1, -0.05) is 49.6 Å². The third-order valence-electron chi connectivity index (χ3n) is 4.55. The Hall–Kier alpha value is -1.68. The summed E-state index contributed by atoms with van der Waals surface area (Å²) in [6.45, 7) is 0. The molecule has 1 aromatic rings. The minimum Gasteiger partial charge on any atom is -0.346 e. The Morgan fingerprint density at radius 1 is 1.17 bits per heavy atom. The maximum absolute atomic E-state index is 12.3. The van der Waals surface area contributed by atoms with E-state index in [0.29, 0.717) is 25.0 Å². The molecule has 1 fully saturated rings. The molecule has 0 aromatic heterocycles. The number of carbonyl (C=O) groups excluding carboxylic acids is 3. The van der Waals surface area contributed by atoms with Crippen molar-refractivity contribution in [2.45, 2.75) is 56.4 Å². The van der Waals surface area contributed by atoms with Gasteiger partial charge in [-0.15, -0.1) is 11.6 Å². The van der Waals surface area contributed by atoms with E-state index in [2.05, 4.69) is 5.32 Å². The third-order valence-corrected chi connectivity index (χ3v) is 4.87. The minimum atomic E-state index is -1.23. The zero-order valence-electron chi connectivity index (χ0n) is 13.7. The lowest BCUT2D eigenvalue weighted by molar-refractivity contribution is -0.129. The van der Waals surface area contributed by atoms with Crippen LogP contribution in [0.25, 0.3) is 0 Å². The monoisotopic (exact) mass is 349 g/mol. The van der Waals surface area contributed by atoms with E-state index in [0.717, 1.165) is 18.4 Å². The number of carbonyl (C=O) groups is 3. The van der Waals surface area contributed by atoms with Gasteiger partial charge < -0.3 is 10.1 Å². The first-order valence-corrected chi connectivity index (χ1v) is 9.00. The molecular formula is C19H24ClNO3. The van der Waals surface area contributed by atoms with Crippen molar-refractivity contribution in [3.63, 3.8) is 0 Å². The maximum Gasteiger partial charge on any atom is 0.220 e. The smallest absolute Gasteiger partial charge is 0.220 e. The largest absolute Gasteiger partial charge is 0.346 e. The number of alkyl halides is 1. The highest BCUT2D eigenvalue weighted by molar-refractivity contribution is 6.39. The molecular weight excluding hydrogens is 326 g/mol. The van der Waals surface area contributed by atoms with E-state index < -0.39 is 17.2 Å². The Morgan fingerprint density at radius 2 is 1.83 bits per heavy atom. The Bertz CT molecular complexity index is 555. The van der Waals surface area contributed by atoms with E-state index in [-0.39, 0.29) is 5.91 Å². The van der Waals surface area contributed by atoms with Crippen molar-refractivity contribution in [3.8, 4) is 0 Å². The van der Waals surface area contributed by atoms with Gasteiger partial charge in [0.05, 0.1) is 6.04 Å². The van der Waals surface area contributed by atoms with Gasteiger partial charge in [-0.2, -0.15) is 0 Å². The van der Waals surface area contributed by atoms with E-state index in [4.69, 9.17) is 11.6 Å². The van der Waals surface area contributed by atoms with E-state index in [1.807, 2.05) is 30.3 Å². The first-order chi connectivity index (χ1) is 11.6. The molecule has 2 rings (SSSR count). The molecule has 1 saturated carbocycles. The van der Waals surface area contributed by atoms with Crippen LogP contribution in [-0.2, 0) is 20.8 Å². The number of rotatable bonds is 8. The molecule has 0 radical (unpaired) electrons. The van der Waals surface area contributed by atoms with Crippen LogP contribution in [0.3, 0.4) is 0 Å². The lowest BCUT2D eigenvalue weighted by Crippen LogP contribution is -2.46. The van der Waals surface area contributed by atoms with Gasteiger partial charge in [0.25, 0.3) is 0 Å². The molecule has 1 aliphatic carbocycles. The number of aldehydes is 1. The summed E-state index contributed by atoms with van der Waals surface area (Å²) in [5, 5.41) is 1.57. The standard InChI is InChI=1S/C19H24ClNO3/c20-16(13-22)19(24)17(11-14-7-3-1-4-8-14)21-18(23)12-15-9-5-2-6-10-15/h1,3-4,7-8,13,15-17H,2,5-6,9-12H2,(H,21,23)/t16?,17-/m0/s1. The molecule has 0 saturated heterocycles. The highest BCUT2D eigenvalue weighted by atomic mass is 35.5. The van der Waals surface area contributed by atoms with Crippen molar-refractivity contribution in [1.29, 1.82) is 0 Å². The predicted molar refractivity (Wildman–Crippen MR) is 94.0 cm³/mol. The van der Waals surface area contributed by atoms with Crippen molar-refractivity contribution in [3.05, 3.63) is 35.9 Å². The Labute approximate surface area is 148 Å². The summed E-state index contributed by atoms with van der Waals surface area (Å²) in [4.78, 5) is 35.5. The van der Waals surface area contributed by atoms with Gasteiger partial charge in [0.2, 0.25) is 5.91 Å². The van der Waals surface area contributed by atoms with Gasteiger partial charge in [-0.3, -0.25) is 9.59 Å². The Morgan fingerprint density at radius 3 is 2.46 bits per heavy atom. The highest BCUT2D eigenvalue weighted by Crippen LogP contribution is 2.26. The molecule has 130 valence electrons. The molecule has 1 aromatic carbocycles. The number of hydrogen-bond acceptors (Lipinski definition) is 3. The van der Waals surface area contributed by atoms with Crippen molar-refractivity contribution in [1.82, 2.24) is 5.32 Å². The van der Waals surface area contributed by atoms with Crippen molar-refractivity contribution in [2.75, 3.05) is 0 Å². The van der Waals surface area contributed by atoms with Crippen LogP contribution in [0.15, 0.2) is 30.3 Å². The van der Waals surface area contributed by atoms with Gasteiger partial charge in [-0.05, 0) is 30.7 Å². The molecule has 2 atom stereocenters. The average Bonchev–Trinajstić information content (AvgIpc) is 2.61. The van der Waals surface area contributed by atoms with Crippen molar-refractivity contribution >= 4 is 29.6 Å². The summed E-state index contributed by atoms with van der Waals surface area (Å²) >= 11 is 5.78. The molecule has 0 heterocycles. The summed E-state index contributed by atoms with van der Waals surface area (Å²) in [7, 11) is 0. The molecule has 4 nitrogen and oxygen atoms in total. The van der Waals surface area contributed by atoms with Crippen LogP contribution in [0.4, 0.5) is 0 Å². The van der Waals surface area contributed by atoms with Crippen LogP contribution in [0, 0.1) is 5.92 Å². The first kappa shape index (κ1) is 18.7. The molecule has 0 aliphatic heterocycles. The quantitative estimate of drug-likeness (QED) is 0.445. The Kier molecular flexibility index (Phi) is 7.44. The molecule has 1 aliphatic rings. The predicted octanol–water partition coefficient (Wildman–Crippen LogP) is 3.06. The summed E-state index contributed by atoms with van der Waals surface area (Å²) in [5.74, 6) is -0.192. The second-order valence-electron chi connectivity index (χ2n) is 6.46. The molecule has 0 bridgehead atoms. The fourth-order valence-corrected chi connectivity index (χ4v) is 3.39. The average molecular weight is 350 g/mol. The highest BCUT2D eigenvalue weighted by Gasteiger charge is 2.28. The van der Waals surface area contributed by atoms with Gasteiger partial charge in [0, 0.05) is 6.42 Å². The zero-order chi connectivity index (χ0) is 17.4. The van der Waals surface area contributed by atoms with Crippen LogP contribution >= 0.6 is 11.6 Å². The molecule has 0 spiro atoms. The van der Waals surface area contributed by atoms with Crippen molar-refractivity contribution < 1.29 is 14.4 Å². The number of amides is 1. The van der Waals surface area contributed by atoms with Crippen LogP contribution < -0.4 is 5.32 Å². The SMILES string of the molecule is O=CC(Cl)C(=O)[C@H](Cc1ccccc1)NC(=O)CC1CCCCC1. The van der Waals surface area contributed by atoms with E-state index >= 15 is 0 Å². The lowest BCUT2D eigenvalue weighted by atomic mass is 9.86. The third kappa shape index (κ3) is 5.75. The number of halogens is 1. The Balaban J connectivity index is 1.99. The molecule has 1 N–H and O–H groups in total. The molecule has 1 unspecified atom stereocenters. The van der Waals surface area contributed by atoms with E-state index in [9.17, 15) is 14.4 Å². The van der Waals surface area contributed by atoms with Crippen LogP contribution in [0.1, 0.15) is 44.1 Å². The molecule has 1 amide bonds. The van der Waals surface area contributed by atoms with Crippen LogP contribution in [0.2, 0.25) is 0 Å². The number of nitrogens with one attached hydrogen (secondary N) is 1. The van der Waals surface area contributed by atoms with Gasteiger partial charge in [0.15, 0.2) is 5.78 Å². The fraction of sp³-hybridized carbons (Fsp3) is 0.526. The summed E-state index contributed by atoms with van der Waals surface area (Å²) < 4.78 is 0. The summed E-state index contributed by atoms with van der Waals surface area (Å²) in [6.07, 6.45) is 6.89. The number of benzene rings is 1. The molecule has 5 heteroatoms. The number of Topliss-reactive ketones (excluding diaryl/α,β-unsaturated/α-hetero) is 1. The van der Waals surface area contributed by atoms with E-state index in [1.165, 1.54) is 19.3 Å². The van der Waals surface area contributed by atoms with Gasteiger partial charge >= 0.3 is 0 Å². The minimum absolute atomic E-state index is 0.133. The normalized spacial score (nSPS) is 17.7. The first-order valence-electron chi connectivity index (χ1n) is 8.56. The van der Waals surface area contributed by atoms with Gasteiger partial charge in [0.1, 0.15) is 11.7 Å². The fourth-order valence-electron chi connectivity index (χ4n) is 3.24. The summed E-state index contributed by atoms with van der Waals surface area (Å²) in [5.41, 5.74) is 0.920. The lowest BCUT2D eigenvalue weighted by Gasteiger charge is -2.23. The summed E-state index contributed by atoms with van der Waals surface area (Å²) in [6, 6.07) is 8.64. The maximum atomic E-state index is 12.3. The van der Waals surface area contributed by atoms with Crippen molar-refractivity contribution in [2.24, 2.45) is 5.92 Å². The molecule has 24 heavy (non-hydrogen) atoms. The topological polar surface area (TPSA) is 63.2 Å².